The fourth-order valence-electron chi connectivity index (χ4n) is 2.90. The Labute approximate surface area is 166 Å². The number of rotatable bonds is 8. The maximum atomic E-state index is 13.0. The van der Waals surface area contributed by atoms with Crippen molar-refractivity contribution >= 4 is 25.0 Å². The molecule has 0 aromatic heterocycles. The van der Waals surface area contributed by atoms with E-state index in [0.717, 1.165) is 0 Å². The largest absolute Gasteiger partial charge is 0.535 e. The quantitative estimate of drug-likeness (QED) is 0.393. The van der Waals surface area contributed by atoms with Crippen LogP contribution in [-0.4, -0.2) is 49.4 Å². The summed E-state index contributed by atoms with van der Waals surface area (Å²) in [6.07, 6.45) is -2.05. The van der Waals surface area contributed by atoms with Gasteiger partial charge in [-0.15, -0.1) is 0 Å². The Bertz CT molecular complexity index is 765. The molecule has 11 heteroatoms. The molecule has 1 N–H and O–H groups in total. The number of carbonyl (C=O) groups is 3. The average Bonchev–Trinajstić information content (AvgIpc) is 2.60. The van der Waals surface area contributed by atoms with Crippen LogP contribution in [-0.2, 0) is 25.4 Å². The smallest absolute Gasteiger partial charge is 0.526 e. The van der Waals surface area contributed by atoms with Crippen molar-refractivity contribution in [3.8, 4) is 5.75 Å². The predicted molar refractivity (Wildman–Crippen MR) is 95.7 cm³/mol. The number of esters is 1. The van der Waals surface area contributed by atoms with Crippen molar-refractivity contribution in [1.29, 1.82) is 0 Å². The summed E-state index contributed by atoms with van der Waals surface area (Å²) in [5.41, 5.74) is 0.496. The van der Waals surface area contributed by atoms with E-state index in [9.17, 15) is 28.2 Å². The van der Waals surface area contributed by atoms with E-state index in [1.54, 1.807) is 19.1 Å². The maximum absolute atomic E-state index is 13.0. The summed E-state index contributed by atoms with van der Waals surface area (Å²) in [4.78, 5) is 35.1. The molecule has 0 unspecified atom stereocenters. The van der Waals surface area contributed by atoms with Crippen molar-refractivity contribution in [2.75, 3.05) is 13.4 Å². The molecular formula is C18H21BF2O8. The lowest BCUT2D eigenvalue weighted by atomic mass is 9.64. The van der Waals surface area contributed by atoms with E-state index in [0.29, 0.717) is 12.5 Å². The van der Waals surface area contributed by atoms with Crippen molar-refractivity contribution < 1.29 is 47.1 Å². The molecule has 0 amide bonds. The van der Waals surface area contributed by atoms with Gasteiger partial charge in [0.15, 0.2) is 0 Å². The number of carbonyl (C=O) groups excluding carboxylic acids is 3. The first kappa shape index (κ1) is 22.6. The monoisotopic (exact) mass is 414 g/mol. The van der Waals surface area contributed by atoms with Gasteiger partial charge in [0.1, 0.15) is 17.1 Å². The van der Waals surface area contributed by atoms with Gasteiger partial charge in [-0.25, -0.2) is 18.4 Å². The summed E-state index contributed by atoms with van der Waals surface area (Å²) in [6.45, 7) is 1.66. The van der Waals surface area contributed by atoms with Crippen LogP contribution in [0, 0.1) is 0 Å². The van der Waals surface area contributed by atoms with Gasteiger partial charge in [-0.3, -0.25) is 4.79 Å². The van der Waals surface area contributed by atoms with Gasteiger partial charge in [0.05, 0.1) is 13.0 Å². The van der Waals surface area contributed by atoms with E-state index in [4.69, 9.17) is 9.39 Å². The van der Waals surface area contributed by atoms with Crippen LogP contribution in [0.3, 0.4) is 0 Å². The summed E-state index contributed by atoms with van der Waals surface area (Å²) in [5.74, 6) is -5.35. The molecule has 0 fully saturated rings. The lowest BCUT2D eigenvalue weighted by molar-refractivity contribution is -0.125. The molecule has 0 saturated carbocycles. The van der Waals surface area contributed by atoms with Gasteiger partial charge in [-0.2, -0.15) is 0 Å². The van der Waals surface area contributed by atoms with Crippen LogP contribution in [0.2, 0.25) is 5.82 Å². The second-order valence-corrected chi connectivity index (χ2v) is 6.63. The molecule has 1 heterocycles. The van der Waals surface area contributed by atoms with Crippen molar-refractivity contribution in [3.63, 3.8) is 0 Å². The first-order chi connectivity index (χ1) is 13.6. The first-order valence-corrected chi connectivity index (χ1v) is 8.93. The molecule has 8 nitrogen and oxygen atoms in total. The summed E-state index contributed by atoms with van der Waals surface area (Å²) < 4.78 is 45.3. The Morgan fingerprint density at radius 3 is 2.66 bits per heavy atom. The van der Waals surface area contributed by atoms with Crippen LogP contribution in [0.15, 0.2) is 18.2 Å². The van der Waals surface area contributed by atoms with Crippen molar-refractivity contribution in [3.05, 3.63) is 29.3 Å². The van der Waals surface area contributed by atoms with Gasteiger partial charge < -0.3 is 23.9 Å². The van der Waals surface area contributed by atoms with E-state index in [1.807, 2.05) is 0 Å². The van der Waals surface area contributed by atoms with Crippen molar-refractivity contribution in [2.45, 2.75) is 44.8 Å². The SMILES string of the molecule is CCOC(=O)OCOC(=O)c1cccc2c1OB(O)[C@@H](CC(=O)CC(C)(F)F)C2. The number of para-hydroxylation sites is 1. The number of ether oxygens (including phenoxy) is 3. The predicted octanol–water partition coefficient (Wildman–Crippen LogP) is 2.76. The number of Topliss-reactive ketones (excluding diaryl/α,β-unsaturated/α-hetero) is 1. The van der Waals surface area contributed by atoms with Crippen LogP contribution >= 0.6 is 0 Å². The topological polar surface area (TPSA) is 108 Å². The number of halogens is 2. The second-order valence-electron chi connectivity index (χ2n) is 6.63. The van der Waals surface area contributed by atoms with Gasteiger partial charge in [-0.05, 0) is 31.9 Å². The lowest BCUT2D eigenvalue weighted by Crippen LogP contribution is -2.36. The Morgan fingerprint density at radius 1 is 1.28 bits per heavy atom. The van der Waals surface area contributed by atoms with Crippen LogP contribution in [0.5, 0.6) is 5.75 Å². The number of ketones is 1. The molecule has 0 bridgehead atoms. The van der Waals surface area contributed by atoms with Gasteiger partial charge in [0.2, 0.25) is 6.79 Å². The zero-order valence-corrected chi connectivity index (χ0v) is 16.0. The van der Waals surface area contributed by atoms with E-state index in [2.05, 4.69) is 9.47 Å². The van der Waals surface area contributed by atoms with Gasteiger partial charge >= 0.3 is 19.2 Å². The van der Waals surface area contributed by atoms with Crippen molar-refractivity contribution in [2.24, 2.45) is 0 Å². The molecular weight excluding hydrogens is 393 g/mol. The summed E-state index contributed by atoms with van der Waals surface area (Å²) in [7, 11) is -1.46. The number of hydrogen-bond donors (Lipinski definition) is 1. The summed E-state index contributed by atoms with van der Waals surface area (Å²) in [5, 5.41) is 10.2. The highest BCUT2D eigenvalue weighted by molar-refractivity contribution is 6.47. The molecule has 1 aromatic rings. The molecule has 0 aliphatic carbocycles. The van der Waals surface area contributed by atoms with Gasteiger partial charge in [-0.1, -0.05) is 12.1 Å². The average molecular weight is 414 g/mol. The maximum Gasteiger partial charge on any atom is 0.526 e. The van der Waals surface area contributed by atoms with Gasteiger partial charge in [0.25, 0.3) is 5.92 Å². The number of alkyl halides is 2. The van der Waals surface area contributed by atoms with Crippen LogP contribution in [0.25, 0.3) is 0 Å². The van der Waals surface area contributed by atoms with E-state index in [-0.39, 0.29) is 30.8 Å². The third-order valence-electron chi connectivity index (χ3n) is 4.07. The summed E-state index contributed by atoms with van der Waals surface area (Å²) >= 11 is 0. The molecule has 0 spiro atoms. The normalized spacial score (nSPS) is 15.8. The van der Waals surface area contributed by atoms with Crippen LogP contribution in [0.1, 0.15) is 42.6 Å². The Kier molecular flexibility index (Phi) is 7.55. The Hall–Kier alpha value is -2.69. The highest BCUT2D eigenvalue weighted by Crippen LogP contribution is 2.37. The third-order valence-corrected chi connectivity index (χ3v) is 4.07. The molecule has 0 saturated heterocycles. The van der Waals surface area contributed by atoms with Gasteiger partial charge in [0, 0.05) is 12.2 Å². The number of hydrogen-bond acceptors (Lipinski definition) is 8. The minimum atomic E-state index is -3.13. The molecule has 158 valence electrons. The summed E-state index contributed by atoms with van der Waals surface area (Å²) in [6, 6.07) is 4.56. The lowest BCUT2D eigenvalue weighted by Gasteiger charge is -2.28. The zero-order valence-electron chi connectivity index (χ0n) is 16.0. The highest BCUT2D eigenvalue weighted by Gasteiger charge is 2.39. The Morgan fingerprint density at radius 2 is 2.00 bits per heavy atom. The standard InChI is InChI=1S/C18H21BF2O8/c1-3-26-17(24)28-10-27-16(23)14-6-4-5-11-7-12(19(25)29-15(11)14)8-13(22)9-18(2,20)21/h4-6,12,25H,3,7-10H2,1-2H3/t12-/m1/s1. The first-order valence-electron chi connectivity index (χ1n) is 8.93. The minimum Gasteiger partial charge on any atom is -0.535 e. The zero-order chi connectivity index (χ0) is 21.6. The molecule has 1 atom stereocenters. The fourth-order valence-corrected chi connectivity index (χ4v) is 2.90. The molecule has 29 heavy (non-hydrogen) atoms. The molecule has 1 aromatic carbocycles. The van der Waals surface area contributed by atoms with E-state index >= 15 is 0 Å². The van der Waals surface area contributed by atoms with Crippen molar-refractivity contribution in [1.82, 2.24) is 0 Å². The second kappa shape index (κ2) is 9.68. The fraction of sp³-hybridized carbons (Fsp3) is 0.500. The Balaban J connectivity index is 2.03. The van der Waals surface area contributed by atoms with Crippen LogP contribution in [0.4, 0.5) is 13.6 Å². The number of fused-ring (bicyclic) bond motifs is 1. The molecule has 0 radical (unpaired) electrons. The minimum absolute atomic E-state index is 0.0149. The molecule has 2 rings (SSSR count). The van der Waals surface area contributed by atoms with Crippen LogP contribution < -0.4 is 4.65 Å². The molecule has 1 aliphatic rings. The number of benzene rings is 1. The highest BCUT2D eigenvalue weighted by atomic mass is 19.3. The molecule has 1 aliphatic heterocycles. The van der Waals surface area contributed by atoms with E-state index < -0.39 is 50.0 Å². The third kappa shape index (κ3) is 6.70. The van der Waals surface area contributed by atoms with E-state index in [1.165, 1.54) is 6.07 Å².